The smallest absolute Gasteiger partial charge is 0.227 e. The second kappa shape index (κ2) is 5.64. The summed E-state index contributed by atoms with van der Waals surface area (Å²) in [5.74, 6) is 0.526. The summed E-state index contributed by atoms with van der Waals surface area (Å²) in [6.07, 6.45) is 0. The van der Waals surface area contributed by atoms with Gasteiger partial charge in [0.15, 0.2) is 5.58 Å². The van der Waals surface area contributed by atoms with Gasteiger partial charge in [-0.25, -0.2) is 4.98 Å². The number of carbonyl (C=O) groups is 1. The van der Waals surface area contributed by atoms with Crippen molar-refractivity contribution in [2.75, 3.05) is 5.32 Å². The van der Waals surface area contributed by atoms with Gasteiger partial charge in [0.05, 0.1) is 0 Å². The van der Waals surface area contributed by atoms with Gasteiger partial charge in [-0.15, -0.1) is 0 Å². The van der Waals surface area contributed by atoms with Gasteiger partial charge in [0.25, 0.3) is 0 Å². The monoisotopic (exact) mass is 294 g/mol. The number of benzene rings is 2. The quantitative estimate of drug-likeness (QED) is 0.779. The summed E-state index contributed by atoms with van der Waals surface area (Å²) >= 11 is 0. The van der Waals surface area contributed by atoms with Crippen LogP contribution >= 0.6 is 0 Å². The van der Waals surface area contributed by atoms with Crippen LogP contribution in [0.25, 0.3) is 22.6 Å². The minimum absolute atomic E-state index is 0.0121. The van der Waals surface area contributed by atoms with Crippen molar-refractivity contribution in [3.05, 3.63) is 48.0 Å². The van der Waals surface area contributed by atoms with Crippen LogP contribution in [-0.2, 0) is 4.79 Å². The number of anilines is 1. The molecule has 0 radical (unpaired) electrons. The molecule has 0 atom stereocenters. The zero-order valence-electron chi connectivity index (χ0n) is 12.9. The van der Waals surface area contributed by atoms with E-state index in [0.717, 1.165) is 22.3 Å². The van der Waals surface area contributed by atoms with Crippen LogP contribution in [0.4, 0.5) is 5.69 Å². The van der Waals surface area contributed by atoms with Gasteiger partial charge in [-0.2, -0.15) is 0 Å². The summed E-state index contributed by atoms with van der Waals surface area (Å²) < 4.78 is 5.82. The van der Waals surface area contributed by atoms with Gasteiger partial charge in [-0.1, -0.05) is 32.0 Å². The molecule has 0 saturated heterocycles. The lowest BCUT2D eigenvalue weighted by molar-refractivity contribution is -0.118. The summed E-state index contributed by atoms with van der Waals surface area (Å²) in [4.78, 5) is 16.3. The number of aryl methyl sites for hydroxylation is 1. The van der Waals surface area contributed by atoms with Gasteiger partial charge in [-0.05, 0) is 36.8 Å². The zero-order valence-corrected chi connectivity index (χ0v) is 12.9. The van der Waals surface area contributed by atoms with Crippen molar-refractivity contribution >= 4 is 22.7 Å². The first kappa shape index (κ1) is 14.3. The van der Waals surface area contributed by atoms with Crippen molar-refractivity contribution in [1.82, 2.24) is 4.98 Å². The molecule has 112 valence electrons. The molecular formula is C18H18N2O2. The lowest BCUT2D eigenvalue weighted by atomic mass is 10.1. The molecule has 0 aliphatic rings. The Balaban J connectivity index is 1.97. The predicted octanol–water partition coefficient (Wildman–Crippen LogP) is 4.40. The normalized spacial score (nSPS) is 11.1. The average molecular weight is 294 g/mol. The molecule has 3 aromatic rings. The summed E-state index contributed by atoms with van der Waals surface area (Å²) in [5, 5.41) is 2.87. The Morgan fingerprint density at radius 2 is 1.95 bits per heavy atom. The number of oxazole rings is 1. The maximum absolute atomic E-state index is 11.8. The average Bonchev–Trinajstić information content (AvgIpc) is 2.90. The number of hydrogen-bond donors (Lipinski definition) is 1. The fraction of sp³-hybridized carbons (Fsp3) is 0.222. The molecule has 0 aliphatic heterocycles. The van der Waals surface area contributed by atoms with Crippen LogP contribution in [-0.4, -0.2) is 10.9 Å². The molecule has 0 unspecified atom stereocenters. The van der Waals surface area contributed by atoms with E-state index in [9.17, 15) is 4.79 Å². The second-order valence-electron chi connectivity index (χ2n) is 5.66. The molecule has 1 amide bonds. The summed E-state index contributed by atoms with van der Waals surface area (Å²) in [7, 11) is 0. The van der Waals surface area contributed by atoms with E-state index in [2.05, 4.69) is 10.3 Å². The maximum atomic E-state index is 11.8. The van der Waals surface area contributed by atoms with E-state index in [0.29, 0.717) is 11.5 Å². The Labute approximate surface area is 129 Å². The number of amides is 1. The van der Waals surface area contributed by atoms with Gasteiger partial charge in [0.2, 0.25) is 11.8 Å². The van der Waals surface area contributed by atoms with Crippen molar-refractivity contribution in [2.24, 2.45) is 5.92 Å². The van der Waals surface area contributed by atoms with E-state index in [1.807, 2.05) is 63.2 Å². The van der Waals surface area contributed by atoms with Gasteiger partial charge in [0, 0.05) is 17.2 Å². The molecule has 0 aliphatic carbocycles. The third kappa shape index (κ3) is 2.72. The second-order valence-corrected chi connectivity index (χ2v) is 5.66. The summed E-state index contributed by atoms with van der Waals surface area (Å²) in [6, 6.07) is 13.5. The van der Waals surface area contributed by atoms with Crippen LogP contribution in [0.3, 0.4) is 0 Å². The van der Waals surface area contributed by atoms with E-state index < -0.39 is 0 Å². The maximum Gasteiger partial charge on any atom is 0.227 e. The third-order valence-electron chi connectivity index (χ3n) is 3.55. The Morgan fingerprint density at radius 1 is 1.18 bits per heavy atom. The summed E-state index contributed by atoms with van der Waals surface area (Å²) in [5.41, 5.74) is 4.27. The molecule has 2 aromatic carbocycles. The molecule has 4 heteroatoms. The van der Waals surface area contributed by atoms with Crippen LogP contribution in [0.5, 0.6) is 0 Å². The molecule has 4 nitrogen and oxygen atoms in total. The van der Waals surface area contributed by atoms with E-state index in [1.54, 1.807) is 0 Å². The van der Waals surface area contributed by atoms with E-state index >= 15 is 0 Å². The van der Waals surface area contributed by atoms with Gasteiger partial charge in [-0.3, -0.25) is 4.79 Å². The standard InChI is InChI=1S/C18H18N2O2/c1-11(2)17(21)19-13-8-9-16-15(10-13)20-18(22-16)14-7-5-4-6-12(14)3/h4-11H,1-3H3,(H,19,21). The van der Waals surface area contributed by atoms with Crippen molar-refractivity contribution in [1.29, 1.82) is 0 Å². The van der Waals surface area contributed by atoms with E-state index in [1.165, 1.54) is 0 Å². The lowest BCUT2D eigenvalue weighted by Crippen LogP contribution is -2.17. The highest BCUT2D eigenvalue weighted by Crippen LogP contribution is 2.28. The highest BCUT2D eigenvalue weighted by molar-refractivity contribution is 5.94. The largest absolute Gasteiger partial charge is 0.436 e. The first-order valence-electron chi connectivity index (χ1n) is 7.32. The van der Waals surface area contributed by atoms with Crippen LogP contribution < -0.4 is 5.32 Å². The number of nitrogens with one attached hydrogen (secondary N) is 1. The molecule has 0 spiro atoms. The van der Waals surface area contributed by atoms with Crippen LogP contribution in [0.15, 0.2) is 46.9 Å². The Kier molecular flexibility index (Phi) is 3.67. The first-order chi connectivity index (χ1) is 10.5. The lowest BCUT2D eigenvalue weighted by Gasteiger charge is -2.06. The first-order valence-corrected chi connectivity index (χ1v) is 7.32. The molecule has 1 heterocycles. The SMILES string of the molecule is Cc1ccccc1-c1nc2cc(NC(=O)C(C)C)ccc2o1. The molecule has 22 heavy (non-hydrogen) atoms. The molecule has 0 saturated carbocycles. The molecule has 1 aromatic heterocycles. The highest BCUT2D eigenvalue weighted by Gasteiger charge is 2.12. The fourth-order valence-electron chi connectivity index (χ4n) is 2.22. The number of carbonyl (C=O) groups excluding carboxylic acids is 1. The predicted molar refractivity (Wildman–Crippen MR) is 87.6 cm³/mol. The number of fused-ring (bicyclic) bond motifs is 1. The minimum Gasteiger partial charge on any atom is -0.436 e. The topological polar surface area (TPSA) is 55.1 Å². The number of hydrogen-bond acceptors (Lipinski definition) is 3. The van der Waals surface area contributed by atoms with Crippen molar-refractivity contribution in [3.63, 3.8) is 0 Å². The Morgan fingerprint density at radius 3 is 2.68 bits per heavy atom. The van der Waals surface area contributed by atoms with Crippen LogP contribution in [0, 0.1) is 12.8 Å². The minimum atomic E-state index is -0.0597. The van der Waals surface area contributed by atoms with Gasteiger partial charge < -0.3 is 9.73 Å². The Hall–Kier alpha value is -2.62. The number of aromatic nitrogens is 1. The van der Waals surface area contributed by atoms with Crippen LogP contribution in [0.2, 0.25) is 0 Å². The molecular weight excluding hydrogens is 276 g/mol. The molecule has 0 bridgehead atoms. The number of rotatable bonds is 3. The van der Waals surface area contributed by atoms with Crippen molar-refractivity contribution in [3.8, 4) is 11.5 Å². The Bertz CT molecular complexity index is 834. The zero-order chi connectivity index (χ0) is 15.7. The number of nitrogens with zero attached hydrogens (tertiary/aromatic N) is 1. The molecule has 1 N–H and O–H groups in total. The summed E-state index contributed by atoms with van der Waals surface area (Å²) in [6.45, 7) is 5.75. The van der Waals surface area contributed by atoms with Gasteiger partial charge >= 0.3 is 0 Å². The third-order valence-corrected chi connectivity index (χ3v) is 3.55. The van der Waals surface area contributed by atoms with E-state index in [-0.39, 0.29) is 11.8 Å². The van der Waals surface area contributed by atoms with E-state index in [4.69, 9.17) is 4.42 Å². The highest BCUT2D eigenvalue weighted by atomic mass is 16.3. The fourth-order valence-corrected chi connectivity index (χ4v) is 2.22. The van der Waals surface area contributed by atoms with Crippen molar-refractivity contribution in [2.45, 2.75) is 20.8 Å². The van der Waals surface area contributed by atoms with Crippen molar-refractivity contribution < 1.29 is 9.21 Å². The molecule has 3 rings (SSSR count). The van der Waals surface area contributed by atoms with Crippen LogP contribution in [0.1, 0.15) is 19.4 Å². The molecule has 0 fully saturated rings. The van der Waals surface area contributed by atoms with Gasteiger partial charge in [0.1, 0.15) is 5.52 Å².